The molecule has 1 amide bonds. The first-order valence-corrected chi connectivity index (χ1v) is 12.6. The predicted molar refractivity (Wildman–Crippen MR) is 135 cm³/mol. The Morgan fingerprint density at radius 3 is 2.10 bits per heavy atom. The third-order valence-corrected chi connectivity index (χ3v) is 5.29. The lowest BCUT2D eigenvalue weighted by Crippen LogP contribution is -2.39. The Labute approximate surface area is 225 Å². The highest BCUT2D eigenvalue weighted by Crippen LogP contribution is 2.25. The molecule has 0 aliphatic heterocycles. The van der Waals surface area contributed by atoms with Crippen molar-refractivity contribution in [3.8, 4) is 17.2 Å². The number of carbonyl (C=O) groups is 2. The van der Waals surface area contributed by atoms with E-state index in [0.29, 0.717) is 19.0 Å². The van der Waals surface area contributed by atoms with E-state index in [1.165, 1.54) is 17.0 Å². The van der Waals surface area contributed by atoms with Crippen LogP contribution in [0.15, 0.2) is 48.5 Å². The van der Waals surface area contributed by atoms with Gasteiger partial charge in [-0.25, -0.2) is 9.59 Å². The molecule has 0 aliphatic rings. The van der Waals surface area contributed by atoms with Gasteiger partial charge in [-0.1, -0.05) is 25.5 Å². The molecule has 2 aromatic rings. The molecular formula is C27H34F3NO8. The molecular weight excluding hydrogens is 523 g/mol. The summed E-state index contributed by atoms with van der Waals surface area (Å²) in [6, 6.07) is 11.4. The van der Waals surface area contributed by atoms with E-state index in [4.69, 9.17) is 18.9 Å². The van der Waals surface area contributed by atoms with Crippen LogP contribution in [0.25, 0.3) is 0 Å². The van der Waals surface area contributed by atoms with Crippen molar-refractivity contribution in [2.24, 2.45) is 0 Å². The highest BCUT2D eigenvalue weighted by atomic mass is 19.4. The quantitative estimate of drug-likeness (QED) is 0.261. The molecule has 39 heavy (non-hydrogen) atoms. The van der Waals surface area contributed by atoms with Crippen LogP contribution < -0.4 is 14.2 Å². The van der Waals surface area contributed by atoms with Crippen LogP contribution in [-0.2, 0) is 20.7 Å². The third-order valence-electron chi connectivity index (χ3n) is 5.29. The molecule has 0 radical (unpaired) electrons. The van der Waals surface area contributed by atoms with Crippen molar-refractivity contribution in [2.75, 3.05) is 39.5 Å². The zero-order chi connectivity index (χ0) is 28.7. The second-order valence-corrected chi connectivity index (χ2v) is 8.32. The molecule has 12 heteroatoms. The van der Waals surface area contributed by atoms with Gasteiger partial charge >= 0.3 is 18.4 Å². The van der Waals surface area contributed by atoms with Crippen molar-refractivity contribution in [1.29, 1.82) is 0 Å². The molecule has 0 fully saturated rings. The number of amides is 1. The summed E-state index contributed by atoms with van der Waals surface area (Å²) >= 11 is 0. The number of rotatable bonds is 17. The van der Waals surface area contributed by atoms with Gasteiger partial charge in [0.25, 0.3) is 0 Å². The second-order valence-electron chi connectivity index (χ2n) is 8.32. The molecule has 9 nitrogen and oxygen atoms in total. The molecule has 2 aromatic carbocycles. The molecule has 216 valence electrons. The number of unbranched alkanes of at least 4 members (excludes halogenated alkanes) is 1. The number of aliphatic carboxylic acids is 1. The maximum atomic E-state index is 12.8. The summed E-state index contributed by atoms with van der Waals surface area (Å²) in [4.78, 5) is 25.4. The number of benzene rings is 2. The summed E-state index contributed by atoms with van der Waals surface area (Å²) in [7, 11) is 0. The molecule has 1 atom stereocenters. The lowest BCUT2D eigenvalue weighted by atomic mass is 10.1. The monoisotopic (exact) mass is 557 g/mol. The fourth-order valence-corrected chi connectivity index (χ4v) is 3.32. The number of halogens is 3. The third kappa shape index (κ3) is 12.7. The summed E-state index contributed by atoms with van der Waals surface area (Å²) in [6.45, 7) is 5.36. The molecule has 1 N–H and O–H groups in total. The Bertz CT molecular complexity index is 1000. The topological polar surface area (TPSA) is 104 Å². The number of ether oxygens (including phenoxy) is 5. The maximum Gasteiger partial charge on any atom is 0.573 e. The SMILES string of the molecule is CCCCOCCN(CCOc1ccc(CC(OCC)C(=O)O)cc1)C(=O)Oc1ccc(OC(F)(F)F)cc1. The van der Waals surface area contributed by atoms with E-state index in [9.17, 15) is 27.9 Å². The fraction of sp³-hybridized carbons (Fsp3) is 0.481. The first kappa shape index (κ1) is 31.7. The number of carboxylic acids is 1. The van der Waals surface area contributed by atoms with Crippen molar-refractivity contribution in [1.82, 2.24) is 4.90 Å². The Hall–Kier alpha value is -3.51. The van der Waals surface area contributed by atoms with Crippen LogP contribution in [0.5, 0.6) is 17.2 Å². The van der Waals surface area contributed by atoms with E-state index in [1.54, 1.807) is 31.2 Å². The van der Waals surface area contributed by atoms with E-state index in [-0.39, 0.29) is 38.5 Å². The minimum atomic E-state index is -4.82. The first-order valence-electron chi connectivity index (χ1n) is 12.6. The van der Waals surface area contributed by atoms with E-state index >= 15 is 0 Å². The zero-order valence-corrected chi connectivity index (χ0v) is 21.9. The smallest absolute Gasteiger partial charge is 0.492 e. The van der Waals surface area contributed by atoms with Gasteiger partial charge in [0.2, 0.25) is 0 Å². The maximum absolute atomic E-state index is 12.8. The van der Waals surface area contributed by atoms with E-state index < -0.39 is 30.3 Å². The minimum absolute atomic E-state index is 0.0506. The molecule has 0 aromatic heterocycles. The predicted octanol–water partition coefficient (Wildman–Crippen LogP) is 5.31. The zero-order valence-electron chi connectivity index (χ0n) is 21.9. The van der Waals surface area contributed by atoms with Crippen molar-refractivity contribution in [2.45, 2.75) is 45.6 Å². The molecule has 1 unspecified atom stereocenters. The van der Waals surface area contributed by atoms with Gasteiger partial charge in [-0.3, -0.25) is 0 Å². The largest absolute Gasteiger partial charge is 0.573 e. The Morgan fingerprint density at radius 1 is 0.897 bits per heavy atom. The van der Waals surface area contributed by atoms with E-state index in [1.807, 2.05) is 6.92 Å². The summed E-state index contributed by atoms with van der Waals surface area (Å²) in [5.74, 6) is -0.892. The van der Waals surface area contributed by atoms with E-state index in [2.05, 4.69) is 4.74 Å². The summed E-state index contributed by atoms with van der Waals surface area (Å²) in [5.41, 5.74) is 0.768. The number of carbonyl (C=O) groups excluding carboxylic acids is 1. The van der Waals surface area contributed by atoms with Gasteiger partial charge in [0.05, 0.1) is 13.2 Å². The Morgan fingerprint density at radius 2 is 1.51 bits per heavy atom. The molecule has 0 saturated heterocycles. The first-order chi connectivity index (χ1) is 18.6. The Kier molecular flexibility index (Phi) is 13.4. The van der Waals surface area contributed by atoms with Crippen molar-refractivity contribution < 1.29 is 51.6 Å². The van der Waals surface area contributed by atoms with Crippen molar-refractivity contribution >= 4 is 12.1 Å². The van der Waals surface area contributed by atoms with Crippen LogP contribution in [-0.4, -0.2) is 74.1 Å². The number of hydrogen-bond acceptors (Lipinski definition) is 7. The molecule has 0 bridgehead atoms. The van der Waals surface area contributed by atoms with Crippen LogP contribution in [0.3, 0.4) is 0 Å². The van der Waals surface area contributed by atoms with E-state index in [0.717, 1.165) is 30.5 Å². The molecule has 2 rings (SSSR count). The van der Waals surface area contributed by atoms with Crippen LogP contribution in [0.4, 0.5) is 18.0 Å². The standard InChI is InChI=1S/C27H34F3NO8/c1-3-5-16-35-17-14-31(26(34)38-22-10-12-23(13-11-22)39-27(28,29)30)15-18-37-21-8-6-20(7-9-21)19-24(25(32)33)36-4-2/h6-13,24H,3-5,14-19H2,1-2H3,(H,32,33). The molecule has 0 aliphatic carbocycles. The second kappa shape index (κ2) is 16.5. The highest BCUT2D eigenvalue weighted by molar-refractivity contribution is 5.72. The van der Waals surface area contributed by atoms with Crippen LogP contribution in [0.2, 0.25) is 0 Å². The summed E-state index contributed by atoms with van der Waals surface area (Å²) in [5, 5.41) is 9.24. The van der Waals surface area contributed by atoms with Crippen LogP contribution >= 0.6 is 0 Å². The number of alkyl halides is 3. The number of nitrogens with zero attached hydrogens (tertiary/aromatic N) is 1. The fourth-order valence-electron chi connectivity index (χ4n) is 3.32. The van der Waals surface area contributed by atoms with Gasteiger partial charge in [0.1, 0.15) is 23.9 Å². The van der Waals surface area contributed by atoms with Crippen molar-refractivity contribution in [3.05, 3.63) is 54.1 Å². The lowest BCUT2D eigenvalue weighted by Gasteiger charge is -2.22. The highest BCUT2D eigenvalue weighted by Gasteiger charge is 2.31. The van der Waals surface area contributed by atoms with Gasteiger partial charge < -0.3 is 33.7 Å². The van der Waals surface area contributed by atoms with Gasteiger partial charge in [-0.2, -0.15) is 0 Å². The number of hydrogen-bond donors (Lipinski definition) is 1. The average Bonchev–Trinajstić information content (AvgIpc) is 2.88. The van der Waals surface area contributed by atoms with Gasteiger partial charge in [0, 0.05) is 26.2 Å². The normalized spacial score (nSPS) is 12.0. The Balaban J connectivity index is 1.93. The van der Waals surface area contributed by atoms with Gasteiger partial charge in [-0.15, -0.1) is 13.2 Å². The number of carboxylic acid groups (broad SMARTS) is 1. The molecule has 0 heterocycles. The average molecular weight is 558 g/mol. The van der Waals surface area contributed by atoms with Crippen molar-refractivity contribution in [3.63, 3.8) is 0 Å². The van der Waals surface area contributed by atoms with Gasteiger partial charge in [-0.05, 0) is 55.3 Å². The van der Waals surface area contributed by atoms with Crippen LogP contribution in [0, 0.1) is 0 Å². The van der Waals surface area contributed by atoms with Gasteiger partial charge in [0.15, 0.2) is 6.10 Å². The van der Waals surface area contributed by atoms with Crippen LogP contribution in [0.1, 0.15) is 32.3 Å². The molecule has 0 saturated carbocycles. The summed E-state index contributed by atoms with van der Waals surface area (Å²) in [6.07, 6.45) is -4.41. The lowest BCUT2D eigenvalue weighted by molar-refractivity contribution is -0.274. The molecule has 0 spiro atoms. The summed E-state index contributed by atoms with van der Waals surface area (Å²) < 4.78 is 62.7. The minimum Gasteiger partial charge on any atom is -0.492 e.